The van der Waals surface area contributed by atoms with Gasteiger partial charge in [-0.2, -0.15) is 0 Å². The van der Waals surface area contributed by atoms with Gasteiger partial charge in [-0.25, -0.2) is 0 Å². The molecule has 1 rings (SSSR count). The third-order valence-electron chi connectivity index (χ3n) is 5.03. The smallest absolute Gasteiger partial charge is 0.00205 e. The van der Waals surface area contributed by atoms with Crippen molar-refractivity contribution >= 4 is 0 Å². The van der Waals surface area contributed by atoms with Crippen LogP contribution in [-0.4, -0.2) is 20.1 Å². The third kappa shape index (κ3) is 16.8. The Bertz CT molecular complexity index is 220. The van der Waals surface area contributed by atoms with Crippen LogP contribution in [0.15, 0.2) is 0 Å². The lowest BCUT2D eigenvalue weighted by atomic mass is 9.83. The molecule has 1 aliphatic carbocycles. The molecule has 1 fully saturated rings. The van der Waals surface area contributed by atoms with Crippen LogP contribution in [0.25, 0.3) is 0 Å². The summed E-state index contributed by atoms with van der Waals surface area (Å²) in [7, 11) is 1.50. The van der Waals surface area contributed by atoms with Crippen molar-refractivity contribution in [2.45, 2.75) is 99.3 Å². The van der Waals surface area contributed by atoms with Crippen LogP contribution in [-0.2, 0) is 0 Å². The number of rotatable bonds is 9. The van der Waals surface area contributed by atoms with Crippen LogP contribution >= 0.6 is 0 Å². The van der Waals surface area contributed by atoms with E-state index in [1.165, 1.54) is 77.9 Å². The normalized spacial score (nSPS) is 21.4. The highest BCUT2D eigenvalue weighted by atomic mass is 14.9. The van der Waals surface area contributed by atoms with Gasteiger partial charge in [-0.15, -0.1) is 0 Å². The predicted octanol–water partition coefficient (Wildman–Crippen LogP) is 6.25. The molecular formula is C22H50N2. The molecule has 1 atom stereocenters. The lowest BCUT2D eigenvalue weighted by molar-refractivity contribution is 0.278. The van der Waals surface area contributed by atoms with Crippen molar-refractivity contribution in [3.63, 3.8) is 0 Å². The van der Waals surface area contributed by atoms with Crippen molar-refractivity contribution in [2.24, 2.45) is 29.4 Å². The van der Waals surface area contributed by atoms with Crippen molar-refractivity contribution in [1.29, 1.82) is 0 Å². The van der Waals surface area contributed by atoms with Gasteiger partial charge in [0.2, 0.25) is 0 Å². The number of nitrogens with one attached hydrogen (secondary N) is 1. The van der Waals surface area contributed by atoms with Gasteiger partial charge >= 0.3 is 0 Å². The Morgan fingerprint density at radius 3 is 1.92 bits per heavy atom. The molecule has 0 spiro atoms. The van der Waals surface area contributed by atoms with E-state index in [0.717, 1.165) is 23.7 Å². The first kappa shape index (κ1) is 26.2. The second-order valence-electron chi connectivity index (χ2n) is 8.07. The van der Waals surface area contributed by atoms with Crippen LogP contribution in [0, 0.1) is 23.7 Å². The van der Waals surface area contributed by atoms with Crippen molar-refractivity contribution < 1.29 is 0 Å². The maximum Gasteiger partial charge on any atom is -0.00205 e. The molecule has 0 bridgehead atoms. The van der Waals surface area contributed by atoms with Gasteiger partial charge in [0, 0.05) is 0 Å². The van der Waals surface area contributed by atoms with E-state index in [2.05, 4.69) is 52.6 Å². The summed E-state index contributed by atoms with van der Waals surface area (Å²) >= 11 is 0. The fourth-order valence-corrected chi connectivity index (χ4v) is 3.27. The summed E-state index contributed by atoms with van der Waals surface area (Å²) in [5.41, 5.74) is 4.50. The van der Waals surface area contributed by atoms with Gasteiger partial charge in [-0.1, -0.05) is 80.1 Å². The summed E-state index contributed by atoms with van der Waals surface area (Å²) in [5, 5.41) is 3.72. The van der Waals surface area contributed by atoms with E-state index < -0.39 is 0 Å². The summed E-state index contributed by atoms with van der Waals surface area (Å²) in [6, 6.07) is 0. The minimum absolute atomic E-state index is 0.867. The third-order valence-corrected chi connectivity index (χ3v) is 5.03. The quantitative estimate of drug-likeness (QED) is 0.486. The highest BCUT2D eigenvalue weighted by Gasteiger charge is 2.17. The molecule has 3 N–H and O–H groups in total. The topological polar surface area (TPSA) is 38.0 Å². The summed E-state index contributed by atoms with van der Waals surface area (Å²) in [6.07, 6.45) is 12.6. The molecule has 0 amide bonds. The van der Waals surface area contributed by atoms with Crippen LogP contribution in [0.2, 0.25) is 0 Å². The summed E-state index contributed by atoms with van der Waals surface area (Å²) in [4.78, 5) is 0. The molecule has 0 saturated heterocycles. The van der Waals surface area contributed by atoms with Crippen molar-refractivity contribution in [3.05, 3.63) is 0 Å². The molecule has 0 aromatic carbocycles. The predicted molar refractivity (Wildman–Crippen MR) is 113 cm³/mol. The molecule has 0 heterocycles. The van der Waals surface area contributed by atoms with E-state index in [0.29, 0.717) is 0 Å². The van der Waals surface area contributed by atoms with Crippen LogP contribution in [0.3, 0.4) is 0 Å². The number of hydrogen-bond donors (Lipinski definition) is 2. The Morgan fingerprint density at radius 2 is 1.46 bits per heavy atom. The first-order valence-electron chi connectivity index (χ1n) is 10.8. The van der Waals surface area contributed by atoms with Gasteiger partial charge in [0.1, 0.15) is 0 Å². The highest BCUT2D eigenvalue weighted by Crippen LogP contribution is 2.27. The standard InChI is InChI=1S/C18H37N.C3H8.CH5N/c1-5-17(9-6-15(2)3)12-13-19-14-18-10-7-16(4)8-11-18;1-3-2;1-2/h15-19H,5-14H2,1-4H3;3H2,1-2H3;2H2,1H3. The molecule has 1 unspecified atom stereocenters. The molecule has 1 saturated carbocycles. The minimum atomic E-state index is 0.867. The van der Waals surface area contributed by atoms with Gasteiger partial charge in [0.25, 0.3) is 0 Å². The van der Waals surface area contributed by atoms with Crippen LogP contribution < -0.4 is 11.1 Å². The molecule has 0 aliphatic heterocycles. The maximum atomic E-state index is 4.50. The molecule has 1 aliphatic rings. The molecule has 24 heavy (non-hydrogen) atoms. The van der Waals surface area contributed by atoms with E-state index >= 15 is 0 Å². The minimum Gasteiger partial charge on any atom is -0.333 e. The molecule has 2 nitrogen and oxygen atoms in total. The Hall–Kier alpha value is -0.0800. The second-order valence-corrected chi connectivity index (χ2v) is 8.07. The SMILES string of the molecule is CCC.CCC(CCNCC1CCC(C)CC1)CCC(C)C.CN. The molecule has 0 radical (unpaired) electrons. The van der Waals surface area contributed by atoms with Gasteiger partial charge in [0.15, 0.2) is 0 Å². The highest BCUT2D eigenvalue weighted by molar-refractivity contribution is 4.72. The molecular weight excluding hydrogens is 292 g/mol. The van der Waals surface area contributed by atoms with Crippen LogP contribution in [0.1, 0.15) is 99.3 Å². The molecule has 2 heteroatoms. The zero-order valence-corrected chi connectivity index (χ0v) is 18.2. The van der Waals surface area contributed by atoms with E-state index in [1.807, 2.05) is 0 Å². The average Bonchev–Trinajstić information content (AvgIpc) is 2.58. The second kappa shape index (κ2) is 19.2. The van der Waals surface area contributed by atoms with Gasteiger partial charge in [0.05, 0.1) is 0 Å². The van der Waals surface area contributed by atoms with Crippen LogP contribution in [0.5, 0.6) is 0 Å². The molecule has 148 valence electrons. The monoisotopic (exact) mass is 342 g/mol. The summed E-state index contributed by atoms with van der Waals surface area (Å²) in [5.74, 6) is 3.76. The Kier molecular flexibility index (Phi) is 21.0. The van der Waals surface area contributed by atoms with Gasteiger partial charge in [-0.3, -0.25) is 0 Å². The van der Waals surface area contributed by atoms with Crippen molar-refractivity contribution in [1.82, 2.24) is 5.32 Å². The van der Waals surface area contributed by atoms with E-state index in [-0.39, 0.29) is 0 Å². The Morgan fingerprint density at radius 1 is 0.917 bits per heavy atom. The summed E-state index contributed by atoms with van der Waals surface area (Å²) < 4.78 is 0. The van der Waals surface area contributed by atoms with E-state index in [9.17, 15) is 0 Å². The maximum absolute atomic E-state index is 4.50. The number of nitrogens with two attached hydrogens (primary N) is 1. The Labute approximate surface area is 154 Å². The van der Waals surface area contributed by atoms with Crippen molar-refractivity contribution in [2.75, 3.05) is 20.1 Å². The molecule has 0 aromatic rings. The first-order chi connectivity index (χ1) is 11.5. The Balaban J connectivity index is 0. The van der Waals surface area contributed by atoms with E-state index in [4.69, 9.17) is 0 Å². The van der Waals surface area contributed by atoms with E-state index in [1.54, 1.807) is 0 Å². The first-order valence-corrected chi connectivity index (χ1v) is 10.8. The van der Waals surface area contributed by atoms with Gasteiger partial charge in [-0.05, 0) is 63.1 Å². The fraction of sp³-hybridized carbons (Fsp3) is 1.00. The van der Waals surface area contributed by atoms with Crippen molar-refractivity contribution in [3.8, 4) is 0 Å². The zero-order valence-electron chi connectivity index (χ0n) is 18.2. The van der Waals surface area contributed by atoms with Crippen LogP contribution in [0.4, 0.5) is 0 Å². The average molecular weight is 343 g/mol. The zero-order chi connectivity index (χ0) is 18.8. The lowest BCUT2D eigenvalue weighted by Crippen LogP contribution is -2.27. The fourth-order valence-electron chi connectivity index (χ4n) is 3.27. The largest absolute Gasteiger partial charge is 0.333 e. The molecule has 0 aromatic heterocycles. The number of hydrogen-bond acceptors (Lipinski definition) is 2. The lowest BCUT2D eigenvalue weighted by Gasteiger charge is -2.26. The summed E-state index contributed by atoms with van der Waals surface area (Å²) in [6.45, 7) is 16.2. The van der Waals surface area contributed by atoms with Gasteiger partial charge < -0.3 is 11.1 Å².